The predicted molar refractivity (Wildman–Crippen MR) is 131 cm³/mol. The fourth-order valence-electron chi connectivity index (χ4n) is 4.19. The van der Waals surface area contributed by atoms with Crippen LogP contribution in [-0.2, 0) is 12.8 Å². The van der Waals surface area contributed by atoms with E-state index in [4.69, 9.17) is 4.52 Å². The zero-order valence-electron chi connectivity index (χ0n) is 19.7. The number of aryl methyl sites for hydroxylation is 1. The second kappa shape index (κ2) is 19.1. The minimum absolute atomic E-state index is 0.672. The molecule has 174 valence electrons. The summed E-state index contributed by atoms with van der Waals surface area (Å²) in [4.78, 5) is 18.7. The summed E-state index contributed by atoms with van der Waals surface area (Å²) in [5, 5.41) is 0. The quantitative estimate of drug-likeness (QED) is 0.158. The van der Waals surface area contributed by atoms with E-state index in [1.165, 1.54) is 107 Å². The van der Waals surface area contributed by atoms with Gasteiger partial charge < -0.3 is 14.3 Å². The molecule has 0 unspecified atom stereocenters. The van der Waals surface area contributed by atoms with Crippen LogP contribution >= 0.6 is 8.60 Å². The molecular formula is C26H47O3P. The third-order valence-electron chi connectivity index (χ3n) is 5.99. The number of rotatable bonds is 20. The minimum Gasteiger partial charge on any atom is -0.427 e. The van der Waals surface area contributed by atoms with Gasteiger partial charge in [-0.05, 0) is 42.9 Å². The Morgan fingerprint density at radius 3 is 1.60 bits per heavy atom. The molecule has 0 aromatic heterocycles. The topological polar surface area (TPSA) is 49.7 Å². The molecule has 0 radical (unpaired) electrons. The zero-order valence-corrected chi connectivity index (χ0v) is 20.6. The minimum atomic E-state index is -2.36. The molecule has 3 nitrogen and oxygen atoms in total. The second-order valence-electron chi connectivity index (χ2n) is 8.69. The average molecular weight is 439 g/mol. The van der Waals surface area contributed by atoms with Crippen LogP contribution in [0.5, 0.6) is 5.75 Å². The Hall–Kier alpha value is -0.630. The Kier molecular flexibility index (Phi) is 17.4. The molecule has 2 N–H and O–H groups in total. The van der Waals surface area contributed by atoms with Crippen LogP contribution < -0.4 is 4.52 Å². The summed E-state index contributed by atoms with van der Waals surface area (Å²) in [6.45, 7) is 4.52. The fraction of sp³-hybridized carbons (Fsp3) is 0.769. The fourth-order valence-corrected chi connectivity index (χ4v) is 4.53. The van der Waals surface area contributed by atoms with E-state index in [-0.39, 0.29) is 0 Å². The van der Waals surface area contributed by atoms with Crippen LogP contribution in [0.25, 0.3) is 0 Å². The van der Waals surface area contributed by atoms with Crippen molar-refractivity contribution in [2.75, 3.05) is 0 Å². The molecule has 1 aromatic rings. The molecular weight excluding hydrogens is 391 g/mol. The van der Waals surface area contributed by atoms with Gasteiger partial charge >= 0.3 is 8.60 Å². The normalized spacial score (nSPS) is 11.4. The molecule has 0 aliphatic carbocycles. The maximum atomic E-state index is 9.37. The maximum Gasteiger partial charge on any atom is 0.391 e. The van der Waals surface area contributed by atoms with Gasteiger partial charge in [0.05, 0.1) is 0 Å². The Morgan fingerprint density at radius 1 is 0.633 bits per heavy atom. The Balaban J connectivity index is 2.43. The third kappa shape index (κ3) is 13.6. The van der Waals surface area contributed by atoms with Gasteiger partial charge in [-0.25, -0.2) is 0 Å². The van der Waals surface area contributed by atoms with Crippen LogP contribution in [0.3, 0.4) is 0 Å². The molecule has 0 bridgehead atoms. The molecule has 30 heavy (non-hydrogen) atoms. The second-order valence-corrected chi connectivity index (χ2v) is 9.38. The van der Waals surface area contributed by atoms with Crippen molar-refractivity contribution in [3.8, 4) is 5.75 Å². The van der Waals surface area contributed by atoms with Crippen molar-refractivity contribution in [1.29, 1.82) is 0 Å². The van der Waals surface area contributed by atoms with Crippen molar-refractivity contribution in [2.24, 2.45) is 0 Å². The maximum absolute atomic E-state index is 9.37. The largest absolute Gasteiger partial charge is 0.427 e. The average Bonchev–Trinajstić information content (AvgIpc) is 2.73. The standard InChI is InChI=1S/C26H47O3P/c1-3-5-7-9-11-13-15-17-20-24-21-19-23-26(29-30(27)28)25(24)22-18-16-14-12-10-8-6-4-2/h19,21,23,27-28H,3-18,20,22H2,1-2H3. The van der Waals surface area contributed by atoms with Gasteiger partial charge in [-0.2, -0.15) is 0 Å². The van der Waals surface area contributed by atoms with E-state index in [9.17, 15) is 9.79 Å². The van der Waals surface area contributed by atoms with E-state index in [0.717, 1.165) is 19.3 Å². The molecule has 0 amide bonds. The summed E-state index contributed by atoms with van der Waals surface area (Å²) in [5.74, 6) is 0.672. The highest BCUT2D eigenvalue weighted by molar-refractivity contribution is 7.39. The summed E-state index contributed by atoms with van der Waals surface area (Å²) in [5.41, 5.74) is 2.53. The Bertz CT molecular complexity index is 519. The van der Waals surface area contributed by atoms with Crippen LogP contribution in [0.15, 0.2) is 18.2 Å². The monoisotopic (exact) mass is 438 g/mol. The van der Waals surface area contributed by atoms with E-state index in [1.807, 2.05) is 12.1 Å². The van der Waals surface area contributed by atoms with Gasteiger partial charge in [-0.3, -0.25) is 0 Å². The van der Waals surface area contributed by atoms with Gasteiger partial charge in [0.15, 0.2) is 0 Å². The Morgan fingerprint density at radius 2 is 1.10 bits per heavy atom. The van der Waals surface area contributed by atoms with Gasteiger partial charge in [0.2, 0.25) is 0 Å². The number of benzene rings is 1. The van der Waals surface area contributed by atoms with Gasteiger partial charge in [0, 0.05) is 0 Å². The van der Waals surface area contributed by atoms with Gasteiger partial charge in [-0.1, -0.05) is 116 Å². The van der Waals surface area contributed by atoms with Gasteiger partial charge in [-0.15, -0.1) is 0 Å². The lowest BCUT2D eigenvalue weighted by atomic mass is 9.95. The van der Waals surface area contributed by atoms with E-state index >= 15 is 0 Å². The highest BCUT2D eigenvalue weighted by Crippen LogP contribution is 2.34. The van der Waals surface area contributed by atoms with Crippen LogP contribution in [0.2, 0.25) is 0 Å². The highest BCUT2D eigenvalue weighted by atomic mass is 31.2. The lowest BCUT2D eigenvalue weighted by Gasteiger charge is -2.16. The third-order valence-corrected chi connectivity index (χ3v) is 6.35. The summed E-state index contributed by atoms with van der Waals surface area (Å²) < 4.78 is 5.37. The molecule has 0 atom stereocenters. The number of hydrogen-bond acceptors (Lipinski definition) is 3. The highest BCUT2D eigenvalue weighted by Gasteiger charge is 2.13. The molecule has 0 aliphatic rings. The summed E-state index contributed by atoms with van der Waals surface area (Å²) in [6.07, 6.45) is 23.0. The van der Waals surface area contributed by atoms with Crippen molar-refractivity contribution >= 4 is 8.60 Å². The lowest BCUT2D eigenvalue weighted by molar-refractivity contribution is 0.373. The lowest BCUT2D eigenvalue weighted by Crippen LogP contribution is -2.00. The molecule has 0 spiro atoms. The number of unbranched alkanes of at least 4 members (excludes halogenated alkanes) is 14. The summed E-state index contributed by atoms with van der Waals surface area (Å²) in [6, 6.07) is 6.08. The molecule has 1 aromatic carbocycles. The first-order valence-electron chi connectivity index (χ1n) is 12.7. The molecule has 0 saturated heterocycles. The van der Waals surface area contributed by atoms with Crippen molar-refractivity contribution in [1.82, 2.24) is 0 Å². The smallest absolute Gasteiger partial charge is 0.391 e. The molecule has 0 fully saturated rings. The predicted octanol–water partition coefficient (Wildman–Crippen LogP) is 8.64. The molecule has 0 heterocycles. The van der Waals surface area contributed by atoms with E-state index in [1.54, 1.807) is 0 Å². The van der Waals surface area contributed by atoms with E-state index in [0.29, 0.717) is 5.75 Å². The molecule has 1 rings (SSSR count). The molecule has 0 aliphatic heterocycles. The first-order valence-corrected chi connectivity index (χ1v) is 13.8. The summed E-state index contributed by atoms with van der Waals surface area (Å²) >= 11 is 0. The first kappa shape index (κ1) is 27.4. The van der Waals surface area contributed by atoms with Crippen molar-refractivity contribution in [3.63, 3.8) is 0 Å². The molecule has 0 saturated carbocycles. The van der Waals surface area contributed by atoms with Crippen molar-refractivity contribution in [2.45, 2.75) is 129 Å². The first-order chi connectivity index (χ1) is 14.7. The number of hydrogen-bond donors (Lipinski definition) is 2. The van der Waals surface area contributed by atoms with E-state index < -0.39 is 8.60 Å². The van der Waals surface area contributed by atoms with Crippen LogP contribution in [0.1, 0.15) is 128 Å². The van der Waals surface area contributed by atoms with Crippen molar-refractivity contribution < 1.29 is 14.3 Å². The van der Waals surface area contributed by atoms with Crippen molar-refractivity contribution in [3.05, 3.63) is 29.3 Å². The van der Waals surface area contributed by atoms with Gasteiger partial charge in [0.1, 0.15) is 5.75 Å². The Labute approximate surface area is 187 Å². The van der Waals surface area contributed by atoms with Crippen LogP contribution in [-0.4, -0.2) is 9.79 Å². The van der Waals surface area contributed by atoms with Gasteiger partial charge in [0.25, 0.3) is 0 Å². The van der Waals surface area contributed by atoms with Crippen LogP contribution in [0, 0.1) is 0 Å². The van der Waals surface area contributed by atoms with E-state index in [2.05, 4.69) is 19.9 Å². The zero-order chi connectivity index (χ0) is 21.9. The summed E-state index contributed by atoms with van der Waals surface area (Å²) in [7, 11) is -2.36. The molecule has 4 heteroatoms. The van der Waals surface area contributed by atoms with Crippen LogP contribution in [0.4, 0.5) is 0 Å². The SMILES string of the molecule is CCCCCCCCCCc1cccc(OP(O)O)c1CCCCCCCCCC.